The maximum atomic E-state index is 12.8. The highest BCUT2D eigenvalue weighted by Gasteiger charge is 2.21. The van der Waals surface area contributed by atoms with Crippen molar-refractivity contribution >= 4 is 16.8 Å². The second-order valence-electron chi connectivity index (χ2n) is 8.51. The standard InChI is InChI=1S/C29H32N2O/c1-2-3-18-30-29(32)20-25(19-23-12-6-4-7-13-23)27-22-31(21-24-14-8-5-9-15-24)28-17-11-10-16-26(27)28/h4-17,22,25H,2-3,18-21H2,1H3,(H,30,32). The SMILES string of the molecule is CCCCNC(=O)CC(Cc1ccccc1)c1cn(Cc2ccccc2)c2ccccc12. The van der Waals surface area contributed by atoms with E-state index in [0.29, 0.717) is 6.42 Å². The van der Waals surface area contributed by atoms with Crippen LogP contribution >= 0.6 is 0 Å². The van der Waals surface area contributed by atoms with Crippen LogP contribution in [0.3, 0.4) is 0 Å². The van der Waals surface area contributed by atoms with Gasteiger partial charge in [0.05, 0.1) is 0 Å². The number of nitrogens with zero attached hydrogens (tertiary/aromatic N) is 1. The van der Waals surface area contributed by atoms with Gasteiger partial charge in [0.25, 0.3) is 0 Å². The highest BCUT2D eigenvalue weighted by molar-refractivity contribution is 5.86. The molecule has 4 rings (SSSR count). The minimum atomic E-state index is 0.126. The summed E-state index contributed by atoms with van der Waals surface area (Å²) in [6.45, 7) is 3.72. The summed E-state index contributed by atoms with van der Waals surface area (Å²) in [5.74, 6) is 0.264. The number of hydrogen-bond acceptors (Lipinski definition) is 1. The van der Waals surface area contributed by atoms with E-state index < -0.39 is 0 Å². The molecule has 1 unspecified atom stereocenters. The van der Waals surface area contributed by atoms with Crippen molar-refractivity contribution in [3.05, 3.63) is 108 Å². The molecular weight excluding hydrogens is 392 g/mol. The summed E-state index contributed by atoms with van der Waals surface area (Å²) in [4.78, 5) is 12.8. The van der Waals surface area contributed by atoms with E-state index in [4.69, 9.17) is 0 Å². The van der Waals surface area contributed by atoms with Crippen LogP contribution in [0, 0.1) is 0 Å². The van der Waals surface area contributed by atoms with E-state index in [1.165, 1.54) is 27.6 Å². The molecule has 0 spiro atoms. The first-order valence-corrected chi connectivity index (χ1v) is 11.7. The van der Waals surface area contributed by atoms with Crippen molar-refractivity contribution in [2.75, 3.05) is 6.54 Å². The smallest absolute Gasteiger partial charge is 0.220 e. The number of nitrogens with one attached hydrogen (secondary N) is 1. The Morgan fingerprint density at radius 2 is 1.53 bits per heavy atom. The molecule has 1 aromatic heterocycles. The van der Waals surface area contributed by atoms with E-state index in [-0.39, 0.29) is 11.8 Å². The zero-order chi connectivity index (χ0) is 22.2. The number of aromatic nitrogens is 1. The molecule has 0 bridgehead atoms. The van der Waals surface area contributed by atoms with E-state index in [0.717, 1.165) is 32.4 Å². The van der Waals surface area contributed by atoms with Gasteiger partial charge in [-0.05, 0) is 41.5 Å². The molecule has 1 atom stereocenters. The highest BCUT2D eigenvalue weighted by Crippen LogP contribution is 2.33. The predicted molar refractivity (Wildman–Crippen MR) is 133 cm³/mol. The van der Waals surface area contributed by atoms with E-state index in [2.05, 4.69) is 102 Å². The fraction of sp³-hybridized carbons (Fsp3) is 0.276. The number of fused-ring (bicyclic) bond motifs is 1. The predicted octanol–water partition coefficient (Wildman–Crippen LogP) is 6.32. The molecule has 4 aromatic rings. The lowest BCUT2D eigenvalue weighted by Gasteiger charge is -2.17. The monoisotopic (exact) mass is 424 g/mol. The summed E-state index contributed by atoms with van der Waals surface area (Å²) in [5, 5.41) is 4.36. The fourth-order valence-electron chi connectivity index (χ4n) is 4.40. The number of unbranched alkanes of at least 4 members (excludes halogenated alkanes) is 1. The highest BCUT2D eigenvalue weighted by atomic mass is 16.1. The number of carbonyl (C=O) groups excluding carboxylic acids is 1. The van der Waals surface area contributed by atoms with Crippen LogP contribution in [-0.2, 0) is 17.8 Å². The second kappa shape index (κ2) is 10.8. The molecule has 0 fully saturated rings. The summed E-state index contributed by atoms with van der Waals surface area (Å²) < 4.78 is 2.33. The molecule has 3 aromatic carbocycles. The summed E-state index contributed by atoms with van der Waals surface area (Å²) in [5.41, 5.74) is 5.01. The topological polar surface area (TPSA) is 34.0 Å². The van der Waals surface area contributed by atoms with Crippen LogP contribution in [0.2, 0.25) is 0 Å². The lowest BCUT2D eigenvalue weighted by molar-refractivity contribution is -0.121. The molecule has 1 N–H and O–H groups in total. The van der Waals surface area contributed by atoms with Crippen LogP contribution in [0.15, 0.2) is 91.1 Å². The molecule has 32 heavy (non-hydrogen) atoms. The second-order valence-corrected chi connectivity index (χ2v) is 8.51. The van der Waals surface area contributed by atoms with Crippen molar-refractivity contribution < 1.29 is 4.79 Å². The fourth-order valence-corrected chi connectivity index (χ4v) is 4.40. The van der Waals surface area contributed by atoms with Crippen LogP contribution in [0.1, 0.15) is 48.8 Å². The Balaban J connectivity index is 1.67. The first-order chi connectivity index (χ1) is 15.7. The number of hydrogen-bond donors (Lipinski definition) is 1. The van der Waals surface area contributed by atoms with Crippen LogP contribution in [0.25, 0.3) is 10.9 Å². The van der Waals surface area contributed by atoms with Crippen molar-refractivity contribution in [2.24, 2.45) is 0 Å². The molecule has 0 saturated heterocycles. The number of rotatable bonds is 10. The van der Waals surface area contributed by atoms with Crippen LogP contribution < -0.4 is 5.32 Å². The van der Waals surface area contributed by atoms with E-state index in [1.54, 1.807) is 0 Å². The van der Waals surface area contributed by atoms with Crippen molar-refractivity contribution in [1.29, 1.82) is 0 Å². The quantitative estimate of drug-likeness (QED) is 0.297. The Labute approximate surface area is 191 Å². The van der Waals surface area contributed by atoms with Gasteiger partial charge in [-0.25, -0.2) is 0 Å². The number of amides is 1. The normalized spacial score (nSPS) is 12.0. The Morgan fingerprint density at radius 3 is 2.25 bits per heavy atom. The van der Waals surface area contributed by atoms with Gasteiger partial charge in [-0.1, -0.05) is 92.2 Å². The van der Waals surface area contributed by atoms with Gasteiger partial charge in [0.1, 0.15) is 0 Å². The summed E-state index contributed by atoms with van der Waals surface area (Å²) in [6.07, 6.45) is 5.72. The van der Waals surface area contributed by atoms with Gasteiger partial charge in [0, 0.05) is 36.6 Å². The van der Waals surface area contributed by atoms with Crippen LogP contribution in [0.4, 0.5) is 0 Å². The average Bonchev–Trinajstić information content (AvgIpc) is 3.19. The largest absolute Gasteiger partial charge is 0.356 e. The molecule has 164 valence electrons. The number of benzene rings is 3. The Morgan fingerprint density at radius 1 is 0.875 bits per heavy atom. The lowest BCUT2D eigenvalue weighted by Crippen LogP contribution is -2.26. The lowest BCUT2D eigenvalue weighted by atomic mass is 9.88. The Hall–Kier alpha value is -3.33. The Bertz CT molecular complexity index is 1130. The molecule has 1 heterocycles. The van der Waals surface area contributed by atoms with Crippen LogP contribution in [-0.4, -0.2) is 17.0 Å². The first-order valence-electron chi connectivity index (χ1n) is 11.7. The van der Waals surface area contributed by atoms with Gasteiger partial charge in [0.2, 0.25) is 5.91 Å². The molecule has 1 amide bonds. The van der Waals surface area contributed by atoms with E-state index >= 15 is 0 Å². The van der Waals surface area contributed by atoms with Crippen molar-refractivity contribution in [1.82, 2.24) is 9.88 Å². The molecular formula is C29H32N2O. The molecule has 0 aliphatic rings. The van der Waals surface area contributed by atoms with Gasteiger partial charge in [-0.3, -0.25) is 4.79 Å². The van der Waals surface area contributed by atoms with Gasteiger partial charge in [-0.15, -0.1) is 0 Å². The average molecular weight is 425 g/mol. The van der Waals surface area contributed by atoms with Crippen LogP contribution in [0.5, 0.6) is 0 Å². The third-order valence-corrected chi connectivity index (χ3v) is 6.06. The van der Waals surface area contributed by atoms with Gasteiger partial charge >= 0.3 is 0 Å². The third-order valence-electron chi connectivity index (χ3n) is 6.06. The van der Waals surface area contributed by atoms with Crippen molar-refractivity contribution in [3.63, 3.8) is 0 Å². The van der Waals surface area contributed by atoms with Gasteiger partial charge < -0.3 is 9.88 Å². The number of carbonyl (C=O) groups is 1. The minimum Gasteiger partial charge on any atom is -0.356 e. The summed E-state index contributed by atoms with van der Waals surface area (Å²) in [7, 11) is 0. The maximum Gasteiger partial charge on any atom is 0.220 e. The van der Waals surface area contributed by atoms with E-state index in [9.17, 15) is 4.79 Å². The van der Waals surface area contributed by atoms with Crippen molar-refractivity contribution in [2.45, 2.75) is 45.1 Å². The molecule has 0 aliphatic carbocycles. The zero-order valence-corrected chi connectivity index (χ0v) is 18.8. The zero-order valence-electron chi connectivity index (χ0n) is 18.8. The summed E-state index contributed by atoms with van der Waals surface area (Å²) >= 11 is 0. The van der Waals surface area contributed by atoms with Crippen molar-refractivity contribution in [3.8, 4) is 0 Å². The molecule has 0 aliphatic heterocycles. The first kappa shape index (κ1) is 21.9. The van der Waals surface area contributed by atoms with Gasteiger partial charge in [-0.2, -0.15) is 0 Å². The minimum absolute atomic E-state index is 0.126. The molecule has 3 nitrogen and oxygen atoms in total. The maximum absolute atomic E-state index is 12.8. The Kier molecular flexibility index (Phi) is 7.39. The molecule has 3 heteroatoms. The number of para-hydroxylation sites is 1. The van der Waals surface area contributed by atoms with E-state index in [1.807, 2.05) is 6.07 Å². The van der Waals surface area contributed by atoms with Gasteiger partial charge in [0.15, 0.2) is 0 Å². The summed E-state index contributed by atoms with van der Waals surface area (Å²) in [6, 6.07) is 29.6. The molecule has 0 radical (unpaired) electrons. The molecule has 0 saturated carbocycles. The third kappa shape index (κ3) is 5.47.